The van der Waals surface area contributed by atoms with Gasteiger partial charge in [0, 0.05) is 28.9 Å². The highest BCUT2D eigenvalue weighted by molar-refractivity contribution is 7.11. The molecule has 0 aromatic carbocycles. The molecule has 0 radical (unpaired) electrons. The van der Waals surface area contributed by atoms with Gasteiger partial charge in [0.15, 0.2) is 0 Å². The molecule has 0 bridgehead atoms. The van der Waals surface area contributed by atoms with Crippen molar-refractivity contribution in [1.29, 1.82) is 0 Å². The van der Waals surface area contributed by atoms with Crippen LogP contribution in [0.15, 0.2) is 12.1 Å². The van der Waals surface area contributed by atoms with Gasteiger partial charge in [0.05, 0.1) is 0 Å². The van der Waals surface area contributed by atoms with Gasteiger partial charge in [-0.3, -0.25) is 0 Å². The van der Waals surface area contributed by atoms with Crippen LogP contribution in [0.1, 0.15) is 16.7 Å². The first-order chi connectivity index (χ1) is 5.72. The third-order valence-corrected chi connectivity index (χ3v) is 2.77. The van der Waals surface area contributed by atoms with E-state index in [1.807, 2.05) is 11.3 Å². The molecule has 0 unspecified atom stereocenters. The molecule has 0 aliphatic carbocycles. The van der Waals surface area contributed by atoms with Crippen LogP contribution >= 0.6 is 11.3 Å². The van der Waals surface area contributed by atoms with Crippen LogP contribution in [0.25, 0.3) is 0 Å². The summed E-state index contributed by atoms with van der Waals surface area (Å²) in [4.78, 5) is 2.75. The maximum absolute atomic E-state index is 5.48. The molecule has 0 aliphatic heterocycles. The van der Waals surface area contributed by atoms with Crippen molar-refractivity contribution < 1.29 is 0 Å². The van der Waals surface area contributed by atoms with Crippen LogP contribution < -0.4 is 11.1 Å². The van der Waals surface area contributed by atoms with Crippen molar-refractivity contribution in [2.24, 2.45) is 5.73 Å². The van der Waals surface area contributed by atoms with Gasteiger partial charge in [0.25, 0.3) is 0 Å². The second kappa shape index (κ2) is 4.60. The average Bonchev–Trinajstić information content (AvgIpc) is 2.47. The van der Waals surface area contributed by atoms with Crippen LogP contribution in [0.2, 0.25) is 0 Å². The van der Waals surface area contributed by atoms with Crippen LogP contribution in [0, 0.1) is 6.92 Å². The van der Waals surface area contributed by atoms with Crippen molar-refractivity contribution in [3.05, 3.63) is 21.9 Å². The van der Waals surface area contributed by atoms with Crippen molar-refractivity contribution in [2.75, 3.05) is 6.54 Å². The van der Waals surface area contributed by atoms with Crippen LogP contribution in [0.5, 0.6) is 0 Å². The molecule has 1 aromatic rings. The molecule has 0 spiro atoms. The van der Waals surface area contributed by atoms with Gasteiger partial charge in [0.2, 0.25) is 0 Å². The van der Waals surface area contributed by atoms with E-state index in [9.17, 15) is 0 Å². The van der Waals surface area contributed by atoms with Crippen LogP contribution in [-0.4, -0.2) is 12.6 Å². The minimum absolute atomic E-state index is 0.410. The molecule has 0 saturated heterocycles. The molecular formula is C9H16N2S. The van der Waals surface area contributed by atoms with E-state index >= 15 is 0 Å². The van der Waals surface area contributed by atoms with Gasteiger partial charge in [0.1, 0.15) is 0 Å². The van der Waals surface area contributed by atoms with Gasteiger partial charge in [-0.2, -0.15) is 0 Å². The first-order valence-corrected chi connectivity index (χ1v) is 5.03. The van der Waals surface area contributed by atoms with Gasteiger partial charge < -0.3 is 11.1 Å². The zero-order valence-corrected chi connectivity index (χ0v) is 8.45. The van der Waals surface area contributed by atoms with E-state index in [2.05, 4.69) is 31.3 Å². The Kier molecular flexibility index (Phi) is 3.72. The van der Waals surface area contributed by atoms with E-state index in [4.69, 9.17) is 5.73 Å². The fraction of sp³-hybridized carbons (Fsp3) is 0.556. The molecule has 1 atom stereocenters. The highest BCUT2D eigenvalue weighted by Crippen LogP contribution is 2.14. The summed E-state index contributed by atoms with van der Waals surface area (Å²) in [6.07, 6.45) is 0. The van der Waals surface area contributed by atoms with Crippen LogP contribution in [0.4, 0.5) is 0 Å². The number of nitrogens with two attached hydrogens (primary N) is 1. The Labute approximate surface area is 77.8 Å². The topological polar surface area (TPSA) is 38.0 Å². The van der Waals surface area contributed by atoms with E-state index in [-0.39, 0.29) is 0 Å². The van der Waals surface area contributed by atoms with Gasteiger partial charge in [-0.25, -0.2) is 0 Å². The Balaban J connectivity index is 2.33. The molecule has 0 amide bonds. The second-order valence-electron chi connectivity index (χ2n) is 3.03. The Bertz CT molecular complexity index is 232. The number of rotatable bonds is 4. The molecule has 3 heteroatoms. The number of thiophene rings is 1. The first kappa shape index (κ1) is 9.71. The van der Waals surface area contributed by atoms with E-state index in [0.717, 1.165) is 6.54 Å². The normalized spacial score (nSPS) is 13.2. The Morgan fingerprint density at radius 1 is 1.58 bits per heavy atom. The zero-order chi connectivity index (χ0) is 8.97. The Morgan fingerprint density at radius 2 is 2.33 bits per heavy atom. The van der Waals surface area contributed by atoms with Crippen molar-refractivity contribution >= 4 is 11.3 Å². The largest absolute Gasteiger partial charge is 0.329 e. The van der Waals surface area contributed by atoms with Gasteiger partial charge >= 0.3 is 0 Å². The van der Waals surface area contributed by atoms with E-state index in [1.54, 1.807) is 0 Å². The summed E-state index contributed by atoms with van der Waals surface area (Å²) in [6.45, 7) is 5.86. The lowest BCUT2D eigenvalue weighted by atomic mass is 10.3. The van der Waals surface area contributed by atoms with Crippen LogP contribution in [0.3, 0.4) is 0 Å². The smallest absolute Gasteiger partial charge is 0.0302 e. The average molecular weight is 184 g/mol. The quantitative estimate of drug-likeness (QED) is 0.744. The summed E-state index contributed by atoms with van der Waals surface area (Å²) in [5.41, 5.74) is 5.48. The predicted molar refractivity (Wildman–Crippen MR) is 54.4 cm³/mol. The fourth-order valence-electron chi connectivity index (χ4n) is 0.938. The van der Waals surface area contributed by atoms with Gasteiger partial charge in [-0.05, 0) is 26.0 Å². The molecule has 1 aromatic heterocycles. The van der Waals surface area contributed by atoms with Crippen molar-refractivity contribution in [3.63, 3.8) is 0 Å². The molecule has 2 nitrogen and oxygen atoms in total. The zero-order valence-electron chi connectivity index (χ0n) is 7.63. The van der Waals surface area contributed by atoms with Crippen molar-refractivity contribution in [2.45, 2.75) is 26.4 Å². The summed E-state index contributed by atoms with van der Waals surface area (Å²) < 4.78 is 0. The van der Waals surface area contributed by atoms with Gasteiger partial charge in [-0.15, -0.1) is 11.3 Å². The molecule has 1 heterocycles. The summed E-state index contributed by atoms with van der Waals surface area (Å²) in [5, 5.41) is 3.35. The van der Waals surface area contributed by atoms with Crippen LogP contribution in [-0.2, 0) is 6.54 Å². The third kappa shape index (κ3) is 2.93. The summed E-state index contributed by atoms with van der Waals surface area (Å²) in [6, 6.07) is 4.72. The number of hydrogen-bond donors (Lipinski definition) is 2. The Morgan fingerprint density at radius 3 is 2.83 bits per heavy atom. The lowest BCUT2D eigenvalue weighted by Gasteiger charge is -2.09. The summed E-state index contributed by atoms with van der Waals surface area (Å²) in [5.74, 6) is 0. The third-order valence-electron chi connectivity index (χ3n) is 1.77. The SMILES string of the molecule is Cc1ccc(CN[C@@H](C)CN)s1. The molecule has 0 fully saturated rings. The van der Waals surface area contributed by atoms with Gasteiger partial charge in [-0.1, -0.05) is 0 Å². The Hall–Kier alpha value is -0.380. The fourth-order valence-corrected chi connectivity index (χ4v) is 1.78. The van der Waals surface area contributed by atoms with E-state index in [1.165, 1.54) is 9.75 Å². The molecule has 1 rings (SSSR count). The van der Waals surface area contributed by atoms with Crippen molar-refractivity contribution in [1.82, 2.24) is 5.32 Å². The monoisotopic (exact) mass is 184 g/mol. The number of aryl methyl sites for hydroxylation is 1. The van der Waals surface area contributed by atoms with Crippen molar-refractivity contribution in [3.8, 4) is 0 Å². The highest BCUT2D eigenvalue weighted by Gasteiger charge is 1.99. The second-order valence-corrected chi connectivity index (χ2v) is 4.40. The number of nitrogens with one attached hydrogen (secondary N) is 1. The molecule has 68 valence electrons. The lowest BCUT2D eigenvalue weighted by molar-refractivity contribution is 0.560. The standard InChI is InChI=1S/C9H16N2S/c1-7(5-10)11-6-9-4-3-8(2)12-9/h3-4,7,11H,5-6,10H2,1-2H3/t7-/m0/s1. The minimum Gasteiger partial charge on any atom is -0.329 e. The molecule has 0 aliphatic rings. The summed E-state index contributed by atoms with van der Waals surface area (Å²) >= 11 is 1.84. The van der Waals surface area contributed by atoms with E-state index in [0.29, 0.717) is 12.6 Å². The number of hydrogen-bond acceptors (Lipinski definition) is 3. The highest BCUT2D eigenvalue weighted by atomic mass is 32.1. The lowest BCUT2D eigenvalue weighted by Crippen LogP contribution is -2.32. The molecule has 0 saturated carbocycles. The summed E-state index contributed by atoms with van der Waals surface area (Å²) in [7, 11) is 0. The molecular weight excluding hydrogens is 168 g/mol. The van der Waals surface area contributed by atoms with E-state index < -0.39 is 0 Å². The molecule has 12 heavy (non-hydrogen) atoms. The minimum atomic E-state index is 0.410. The maximum Gasteiger partial charge on any atom is 0.0302 e. The predicted octanol–water partition coefficient (Wildman–Crippen LogP) is 1.49. The molecule has 3 N–H and O–H groups in total. The first-order valence-electron chi connectivity index (χ1n) is 4.21. The maximum atomic E-state index is 5.48.